The summed E-state index contributed by atoms with van der Waals surface area (Å²) in [5, 5.41) is 42.7. The molecule has 1 saturated carbocycles. The molecule has 1 aliphatic carbocycles. The molecule has 4 aromatic carbocycles. The molecule has 0 spiro atoms. The number of rotatable bonds is 18. The number of aliphatic hydroxyl groups is 2. The normalized spacial score (nSPS) is 17.8. The van der Waals surface area contributed by atoms with Crippen molar-refractivity contribution in [2.75, 3.05) is 32.8 Å². The molecule has 0 unspecified atom stereocenters. The molecule has 3 heterocycles. The lowest BCUT2D eigenvalue weighted by molar-refractivity contribution is -0.164. The number of nitrogens with zero attached hydrogens (tertiary/aromatic N) is 2. The number of ether oxygens (including phenoxy) is 2. The zero-order chi connectivity index (χ0) is 46.0. The van der Waals surface area contributed by atoms with Gasteiger partial charge in [-0.2, -0.15) is 0 Å². The monoisotopic (exact) mass is 894 g/mol. The molecule has 2 amide bonds. The fourth-order valence-corrected chi connectivity index (χ4v) is 8.55. The maximum absolute atomic E-state index is 13.8. The summed E-state index contributed by atoms with van der Waals surface area (Å²) in [4.78, 5) is 60.7. The van der Waals surface area contributed by atoms with Gasteiger partial charge in [0.25, 0.3) is 11.8 Å². The van der Waals surface area contributed by atoms with Crippen molar-refractivity contribution < 1.29 is 39.2 Å². The fraction of sp³-hybridized carbons (Fsp3) is 0.314. The van der Waals surface area contributed by atoms with Gasteiger partial charge in [-0.1, -0.05) is 84.9 Å². The second-order valence-electron chi connectivity index (χ2n) is 17.1. The number of carbonyl (C=O) groups excluding carboxylic acids is 3. The highest BCUT2D eigenvalue weighted by molar-refractivity contribution is 5.92. The Labute approximate surface area is 381 Å². The second-order valence-corrected chi connectivity index (χ2v) is 17.1. The largest absolute Gasteiger partial charge is 0.506 e. The number of nitrogens with one attached hydrogen (secondary N) is 4. The van der Waals surface area contributed by atoms with Crippen molar-refractivity contribution in [2.45, 2.75) is 62.6 Å². The number of piperidine rings is 1. The standard InChI is InChI=1S/C51H54N6O9/c58-44-18-15-41(42-16-19-46(60)56-48(42)44)45(59)29-52-27-35-14-17-43(53-28-35)49(62)55-39-25-38(26-39)54-47(61)32-65-40-13-7-12-37(24-40)51(64,36-10-5-2-6-11-36)50(63)66-31-34-20-22-57(23-21-34)30-33-8-3-1-4-9-33/h1-19,24,28,34,38-39,45,52,58-59,64H,20-23,25-27,29-32H2,(H,54,61)(H,55,62)(H,56,60)/t38-,39-,45-,51-/m0/s1. The summed E-state index contributed by atoms with van der Waals surface area (Å²) >= 11 is 0. The topological polar surface area (TPSA) is 215 Å². The molecule has 15 heteroatoms. The van der Waals surface area contributed by atoms with Crippen molar-refractivity contribution in [3.05, 3.63) is 171 Å². The molecule has 342 valence electrons. The van der Waals surface area contributed by atoms with Gasteiger partial charge >= 0.3 is 5.97 Å². The molecule has 6 aromatic rings. The third kappa shape index (κ3) is 11.1. The van der Waals surface area contributed by atoms with Gasteiger partial charge in [-0.05, 0) is 97.3 Å². The van der Waals surface area contributed by atoms with Crippen LogP contribution in [0.25, 0.3) is 10.9 Å². The Morgan fingerprint density at radius 2 is 1.56 bits per heavy atom. The first-order chi connectivity index (χ1) is 32.0. The van der Waals surface area contributed by atoms with E-state index in [1.807, 2.05) is 18.2 Å². The Morgan fingerprint density at radius 1 is 0.833 bits per heavy atom. The van der Waals surface area contributed by atoms with E-state index in [-0.39, 0.29) is 77.7 Å². The van der Waals surface area contributed by atoms with Crippen LogP contribution >= 0.6 is 0 Å². The molecule has 2 fully saturated rings. The summed E-state index contributed by atoms with van der Waals surface area (Å²) in [6, 6.07) is 34.5. The Kier molecular flexibility index (Phi) is 14.5. The van der Waals surface area contributed by atoms with Gasteiger partial charge in [0.1, 0.15) is 17.2 Å². The number of aromatic amines is 1. The van der Waals surface area contributed by atoms with Crippen LogP contribution in [0.4, 0.5) is 0 Å². The maximum Gasteiger partial charge on any atom is 0.347 e. The van der Waals surface area contributed by atoms with Crippen LogP contribution in [-0.4, -0.2) is 92.9 Å². The zero-order valence-corrected chi connectivity index (χ0v) is 36.4. The van der Waals surface area contributed by atoms with Crippen molar-refractivity contribution in [1.82, 2.24) is 30.8 Å². The van der Waals surface area contributed by atoms with E-state index in [1.165, 1.54) is 17.7 Å². The fourth-order valence-electron chi connectivity index (χ4n) is 8.55. The van der Waals surface area contributed by atoms with E-state index in [0.29, 0.717) is 41.6 Å². The minimum Gasteiger partial charge on any atom is -0.506 e. The highest BCUT2D eigenvalue weighted by Gasteiger charge is 2.42. The molecule has 8 rings (SSSR count). The van der Waals surface area contributed by atoms with Gasteiger partial charge in [0, 0.05) is 54.9 Å². The molecule has 66 heavy (non-hydrogen) atoms. The number of aliphatic hydroxyl groups excluding tert-OH is 1. The van der Waals surface area contributed by atoms with Crippen LogP contribution in [0.15, 0.2) is 132 Å². The highest BCUT2D eigenvalue weighted by atomic mass is 16.5. The number of amides is 2. The Balaban J connectivity index is 0.763. The second kappa shape index (κ2) is 20.9. The smallest absolute Gasteiger partial charge is 0.347 e. The maximum atomic E-state index is 13.8. The van der Waals surface area contributed by atoms with Crippen LogP contribution in [0.2, 0.25) is 0 Å². The van der Waals surface area contributed by atoms with E-state index in [1.54, 1.807) is 85.1 Å². The summed E-state index contributed by atoms with van der Waals surface area (Å²) in [5.41, 5.74) is 1.26. The number of fused-ring (bicyclic) bond motifs is 1. The molecule has 2 atom stereocenters. The molecule has 0 radical (unpaired) electrons. The van der Waals surface area contributed by atoms with Crippen LogP contribution in [0.1, 0.15) is 70.1 Å². The molecule has 1 aliphatic heterocycles. The number of aromatic hydroxyl groups is 1. The Hall–Kier alpha value is -6.91. The van der Waals surface area contributed by atoms with Crippen LogP contribution in [0, 0.1) is 5.92 Å². The molecule has 2 aliphatic rings. The number of hydrogen-bond acceptors (Lipinski definition) is 12. The molecular weight excluding hydrogens is 841 g/mol. The number of hydrogen-bond donors (Lipinski definition) is 7. The quantitative estimate of drug-likeness (QED) is 0.0590. The number of likely N-dealkylation sites (tertiary alicyclic amines) is 1. The summed E-state index contributed by atoms with van der Waals surface area (Å²) in [6.45, 7) is 3.13. The average molecular weight is 895 g/mol. The molecule has 2 aromatic heterocycles. The van der Waals surface area contributed by atoms with Crippen LogP contribution in [0.5, 0.6) is 11.5 Å². The predicted molar refractivity (Wildman–Crippen MR) is 246 cm³/mol. The van der Waals surface area contributed by atoms with Gasteiger partial charge in [0.05, 0.1) is 18.2 Å². The van der Waals surface area contributed by atoms with Crippen LogP contribution < -0.4 is 26.2 Å². The minimum absolute atomic E-state index is 0.0818. The van der Waals surface area contributed by atoms with Crippen molar-refractivity contribution in [3.8, 4) is 11.5 Å². The Morgan fingerprint density at radius 3 is 2.30 bits per heavy atom. The molecule has 7 N–H and O–H groups in total. The van der Waals surface area contributed by atoms with Gasteiger partial charge in [-0.25, -0.2) is 4.79 Å². The van der Waals surface area contributed by atoms with Crippen molar-refractivity contribution in [1.29, 1.82) is 0 Å². The summed E-state index contributed by atoms with van der Waals surface area (Å²) in [5.74, 6) is -1.08. The molecular formula is C51H54N6O9. The van der Waals surface area contributed by atoms with Crippen LogP contribution in [0.3, 0.4) is 0 Å². The van der Waals surface area contributed by atoms with E-state index < -0.39 is 17.7 Å². The van der Waals surface area contributed by atoms with Crippen molar-refractivity contribution in [2.24, 2.45) is 5.92 Å². The summed E-state index contributed by atoms with van der Waals surface area (Å²) < 4.78 is 11.7. The zero-order valence-electron chi connectivity index (χ0n) is 36.4. The highest BCUT2D eigenvalue weighted by Crippen LogP contribution is 2.34. The van der Waals surface area contributed by atoms with Gasteiger partial charge in [-0.15, -0.1) is 0 Å². The first-order valence-corrected chi connectivity index (χ1v) is 22.3. The lowest BCUT2D eigenvalue weighted by Crippen LogP contribution is -2.54. The van der Waals surface area contributed by atoms with Gasteiger partial charge < -0.3 is 45.7 Å². The number of esters is 1. The number of aromatic nitrogens is 2. The molecule has 15 nitrogen and oxygen atoms in total. The van der Waals surface area contributed by atoms with Gasteiger partial charge in [0.15, 0.2) is 6.61 Å². The Bertz CT molecular complexity index is 2670. The van der Waals surface area contributed by atoms with Crippen LogP contribution in [-0.2, 0) is 33.0 Å². The predicted octanol–water partition coefficient (Wildman–Crippen LogP) is 4.60. The summed E-state index contributed by atoms with van der Waals surface area (Å²) in [7, 11) is 0. The molecule has 0 bridgehead atoms. The number of phenolic OH excluding ortho intramolecular Hbond substituents is 1. The van der Waals surface area contributed by atoms with E-state index in [9.17, 15) is 34.5 Å². The van der Waals surface area contributed by atoms with Crippen molar-refractivity contribution >= 4 is 28.7 Å². The van der Waals surface area contributed by atoms with Gasteiger partial charge in [0.2, 0.25) is 11.2 Å². The first-order valence-electron chi connectivity index (χ1n) is 22.3. The number of benzene rings is 4. The lowest BCUT2D eigenvalue weighted by atomic mass is 9.86. The third-order valence-electron chi connectivity index (χ3n) is 12.3. The summed E-state index contributed by atoms with van der Waals surface area (Å²) in [6.07, 6.45) is 3.48. The molecule has 1 saturated heterocycles. The lowest BCUT2D eigenvalue weighted by Gasteiger charge is -2.36. The van der Waals surface area contributed by atoms with E-state index in [0.717, 1.165) is 38.0 Å². The minimum atomic E-state index is -2.11. The van der Waals surface area contributed by atoms with Gasteiger partial charge in [-0.3, -0.25) is 24.3 Å². The number of pyridine rings is 2. The number of phenols is 1. The van der Waals surface area contributed by atoms with Crippen molar-refractivity contribution in [3.63, 3.8) is 0 Å². The average Bonchev–Trinajstić information content (AvgIpc) is 3.33. The van der Waals surface area contributed by atoms with E-state index >= 15 is 0 Å². The number of carbonyl (C=O) groups is 3. The first kappa shape index (κ1) is 45.7. The van der Waals surface area contributed by atoms with E-state index in [4.69, 9.17) is 9.47 Å². The third-order valence-corrected chi connectivity index (χ3v) is 12.3. The van der Waals surface area contributed by atoms with E-state index in [2.05, 4.69) is 43.0 Å². The SMILES string of the molecule is O=C(COc1cccc([C@](O)(C(=O)OCC2CCN(Cc3ccccc3)CC2)c2ccccc2)c1)N[C@H]1C[C@H](NC(=O)c2ccc(CNC[C@H](O)c3ccc(O)c4[nH]c(=O)ccc34)cn2)C1. The number of H-pyrrole nitrogens is 1.